The van der Waals surface area contributed by atoms with Crippen molar-refractivity contribution in [2.45, 2.75) is 31.8 Å². The molecular weight excluding hydrogens is 386 g/mol. The van der Waals surface area contributed by atoms with Crippen molar-refractivity contribution in [3.05, 3.63) is 65.7 Å². The highest BCUT2D eigenvalue weighted by molar-refractivity contribution is 7.88. The molecule has 0 bridgehead atoms. The van der Waals surface area contributed by atoms with Gasteiger partial charge in [0.25, 0.3) is 0 Å². The number of hydrogen-bond acceptors (Lipinski definition) is 4. The van der Waals surface area contributed by atoms with Gasteiger partial charge in [0, 0.05) is 31.9 Å². The monoisotopic (exact) mass is 415 g/mol. The summed E-state index contributed by atoms with van der Waals surface area (Å²) in [6.07, 6.45) is 2.94. The van der Waals surface area contributed by atoms with E-state index in [9.17, 15) is 13.2 Å². The topological polar surface area (TPSA) is 69.7 Å². The van der Waals surface area contributed by atoms with Gasteiger partial charge < -0.3 is 10.2 Å². The average Bonchev–Trinajstić information content (AvgIpc) is 3.00. The van der Waals surface area contributed by atoms with Gasteiger partial charge in [-0.1, -0.05) is 48.5 Å². The lowest BCUT2D eigenvalue weighted by Crippen LogP contribution is -2.42. The normalized spacial score (nSPS) is 17.2. The van der Waals surface area contributed by atoms with Gasteiger partial charge >= 0.3 is 0 Å². The fourth-order valence-corrected chi connectivity index (χ4v) is 4.48. The van der Waals surface area contributed by atoms with E-state index < -0.39 is 16.1 Å². The Balaban J connectivity index is 1.61. The molecule has 6 nitrogen and oxygen atoms in total. The number of carbonyl (C=O) groups is 1. The van der Waals surface area contributed by atoms with Crippen LogP contribution < -0.4 is 10.2 Å². The molecule has 0 aliphatic carbocycles. The average molecular weight is 416 g/mol. The van der Waals surface area contributed by atoms with Crippen LogP contribution in [0.1, 0.15) is 30.5 Å². The molecule has 0 saturated carbocycles. The Bertz CT molecular complexity index is 947. The van der Waals surface area contributed by atoms with E-state index in [4.69, 9.17) is 0 Å². The summed E-state index contributed by atoms with van der Waals surface area (Å²) < 4.78 is 25.2. The van der Waals surface area contributed by atoms with E-state index in [0.29, 0.717) is 18.2 Å². The highest BCUT2D eigenvalue weighted by Gasteiger charge is 2.30. The van der Waals surface area contributed by atoms with Gasteiger partial charge in [0.05, 0.1) is 6.26 Å². The van der Waals surface area contributed by atoms with Crippen LogP contribution >= 0.6 is 0 Å². The van der Waals surface area contributed by atoms with Gasteiger partial charge in [-0.25, -0.2) is 8.42 Å². The quantitative estimate of drug-likeness (QED) is 0.673. The minimum atomic E-state index is -3.52. The third-order valence-corrected chi connectivity index (χ3v) is 6.73. The SMILES string of the molecule is C[C@H]1Cc2ccccc2N1CCCNC(=O)[C@@H](c1ccccc1)N(C)S(C)(=O)=O. The molecule has 2 aromatic carbocycles. The van der Waals surface area contributed by atoms with Crippen LogP contribution in [0.25, 0.3) is 0 Å². The van der Waals surface area contributed by atoms with Crippen LogP contribution in [-0.2, 0) is 21.2 Å². The van der Waals surface area contributed by atoms with Crippen molar-refractivity contribution in [2.24, 2.45) is 0 Å². The minimum absolute atomic E-state index is 0.306. The number of amides is 1. The first-order valence-electron chi connectivity index (χ1n) is 9.89. The smallest absolute Gasteiger partial charge is 0.242 e. The van der Waals surface area contributed by atoms with Crippen molar-refractivity contribution in [1.29, 1.82) is 0 Å². The minimum Gasteiger partial charge on any atom is -0.368 e. The Hall–Kier alpha value is -2.38. The first-order chi connectivity index (χ1) is 13.8. The van der Waals surface area contributed by atoms with Gasteiger partial charge in [-0.3, -0.25) is 4.79 Å². The summed E-state index contributed by atoms with van der Waals surface area (Å²) >= 11 is 0. The Morgan fingerprint density at radius 2 is 1.83 bits per heavy atom. The van der Waals surface area contributed by atoms with E-state index >= 15 is 0 Å². The van der Waals surface area contributed by atoms with Gasteiger partial charge in [0.2, 0.25) is 15.9 Å². The standard InChI is InChI=1S/C22H29N3O3S/c1-17-16-19-12-7-8-13-20(19)25(17)15-9-14-23-22(26)21(24(2)29(3,27)28)18-10-5-4-6-11-18/h4-8,10-13,17,21H,9,14-16H2,1-3H3,(H,23,26)/t17-,21+/m0/s1. The number of fused-ring (bicyclic) bond motifs is 1. The number of nitrogens with one attached hydrogen (secondary N) is 1. The van der Waals surface area contributed by atoms with E-state index in [-0.39, 0.29) is 5.91 Å². The summed E-state index contributed by atoms with van der Waals surface area (Å²) in [4.78, 5) is 15.2. The number of anilines is 1. The fraction of sp³-hybridized carbons (Fsp3) is 0.409. The second-order valence-corrected chi connectivity index (χ2v) is 9.65. The molecule has 0 unspecified atom stereocenters. The van der Waals surface area contributed by atoms with Gasteiger partial charge in [0.1, 0.15) is 6.04 Å². The second kappa shape index (κ2) is 8.97. The number of nitrogens with zero attached hydrogens (tertiary/aromatic N) is 2. The molecule has 0 saturated heterocycles. The molecule has 1 aliphatic rings. The summed E-state index contributed by atoms with van der Waals surface area (Å²) in [6.45, 7) is 3.55. The van der Waals surface area contributed by atoms with Crippen molar-refractivity contribution in [1.82, 2.24) is 9.62 Å². The number of sulfonamides is 1. The van der Waals surface area contributed by atoms with Crippen LogP contribution in [0, 0.1) is 0 Å². The molecule has 3 rings (SSSR count). The van der Waals surface area contributed by atoms with Gasteiger partial charge in [-0.15, -0.1) is 0 Å². The van der Waals surface area contributed by atoms with Crippen molar-refractivity contribution >= 4 is 21.6 Å². The molecule has 7 heteroatoms. The van der Waals surface area contributed by atoms with Crippen molar-refractivity contribution in [3.63, 3.8) is 0 Å². The fourth-order valence-electron chi connectivity index (χ4n) is 3.88. The van der Waals surface area contributed by atoms with Crippen LogP contribution in [0.4, 0.5) is 5.69 Å². The molecule has 0 fully saturated rings. The summed E-state index contributed by atoms with van der Waals surface area (Å²) in [5, 5.41) is 2.93. The maximum Gasteiger partial charge on any atom is 0.242 e. The molecule has 1 N–H and O–H groups in total. The third kappa shape index (κ3) is 4.97. The Morgan fingerprint density at radius 1 is 1.17 bits per heavy atom. The predicted octanol–water partition coefficient (Wildman–Crippen LogP) is 2.58. The zero-order valence-electron chi connectivity index (χ0n) is 17.2. The van der Waals surface area contributed by atoms with E-state index in [2.05, 4.69) is 41.4 Å². The molecule has 0 radical (unpaired) electrons. The number of benzene rings is 2. The maximum absolute atomic E-state index is 12.9. The molecule has 1 aliphatic heterocycles. The van der Waals surface area contributed by atoms with Crippen LogP contribution in [-0.4, -0.2) is 51.1 Å². The summed E-state index contributed by atoms with van der Waals surface area (Å²) in [5.74, 6) is -0.306. The molecule has 156 valence electrons. The number of para-hydroxylation sites is 1. The molecule has 29 heavy (non-hydrogen) atoms. The first-order valence-corrected chi connectivity index (χ1v) is 11.7. The number of hydrogen-bond donors (Lipinski definition) is 1. The van der Waals surface area contributed by atoms with Gasteiger partial charge in [-0.05, 0) is 37.0 Å². The summed E-state index contributed by atoms with van der Waals surface area (Å²) in [5.41, 5.74) is 3.29. The lowest BCUT2D eigenvalue weighted by atomic mass is 10.1. The highest BCUT2D eigenvalue weighted by atomic mass is 32.2. The molecule has 1 amide bonds. The number of likely N-dealkylation sites (N-methyl/N-ethyl adjacent to an activating group) is 1. The number of carbonyl (C=O) groups excluding carboxylic acids is 1. The first kappa shape index (κ1) is 21.3. The molecule has 2 aromatic rings. The van der Waals surface area contributed by atoms with E-state index in [1.54, 1.807) is 24.3 Å². The van der Waals surface area contributed by atoms with Gasteiger partial charge in [-0.2, -0.15) is 4.31 Å². The van der Waals surface area contributed by atoms with Crippen molar-refractivity contribution < 1.29 is 13.2 Å². The lowest BCUT2D eigenvalue weighted by molar-refractivity contribution is -0.124. The van der Waals surface area contributed by atoms with Crippen LogP contribution in [0.5, 0.6) is 0 Å². The van der Waals surface area contributed by atoms with Crippen LogP contribution in [0.15, 0.2) is 54.6 Å². The van der Waals surface area contributed by atoms with E-state index in [1.165, 1.54) is 18.3 Å². The zero-order chi connectivity index (χ0) is 21.0. The van der Waals surface area contributed by atoms with Crippen LogP contribution in [0.3, 0.4) is 0 Å². The molecular formula is C22H29N3O3S. The van der Waals surface area contributed by atoms with E-state index in [0.717, 1.165) is 29.9 Å². The zero-order valence-corrected chi connectivity index (χ0v) is 18.0. The molecule has 1 heterocycles. The third-order valence-electron chi connectivity index (χ3n) is 5.47. The van der Waals surface area contributed by atoms with Crippen molar-refractivity contribution in [3.8, 4) is 0 Å². The number of rotatable bonds is 8. The molecule has 2 atom stereocenters. The predicted molar refractivity (Wildman–Crippen MR) is 116 cm³/mol. The maximum atomic E-state index is 12.9. The van der Waals surface area contributed by atoms with Crippen molar-refractivity contribution in [2.75, 3.05) is 31.3 Å². The molecule has 0 spiro atoms. The summed E-state index contributed by atoms with van der Waals surface area (Å²) in [6, 6.07) is 17.0. The highest BCUT2D eigenvalue weighted by Crippen LogP contribution is 2.31. The Labute approximate surface area is 173 Å². The lowest BCUT2D eigenvalue weighted by Gasteiger charge is -2.27. The summed E-state index contributed by atoms with van der Waals surface area (Å²) in [7, 11) is -2.08. The Kier molecular flexibility index (Phi) is 6.59. The second-order valence-electron chi connectivity index (χ2n) is 7.61. The van der Waals surface area contributed by atoms with E-state index in [1.807, 2.05) is 6.07 Å². The van der Waals surface area contributed by atoms with Crippen LogP contribution in [0.2, 0.25) is 0 Å². The Morgan fingerprint density at radius 3 is 2.52 bits per heavy atom. The molecule has 0 aromatic heterocycles. The van der Waals surface area contributed by atoms with Gasteiger partial charge in [0.15, 0.2) is 0 Å². The largest absolute Gasteiger partial charge is 0.368 e.